The van der Waals surface area contributed by atoms with Crippen molar-refractivity contribution in [2.24, 2.45) is 0 Å². The number of carbonyl (C=O) groups excluding carboxylic acids is 2. The van der Waals surface area contributed by atoms with E-state index in [4.69, 9.17) is 0 Å². The van der Waals surface area contributed by atoms with E-state index in [0.717, 1.165) is 5.56 Å². The first-order chi connectivity index (χ1) is 10.2. The largest absolute Gasteiger partial charge is 0.352 e. The second kappa shape index (κ2) is 7.59. The van der Waals surface area contributed by atoms with Gasteiger partial charge in [-0.15, -0.1) is 11.3 Å². The summed E-state index contributed by atoms with van der Waals surface area (Å²) in [5, 5.41) is 7.56. The van der Waals surface area contributed by atoms with Crippen LogP contribution in [-0.2, 0) is 0 Å². The third-order valence-electron chi connectivity index (χ3n) is 3.06. The van der Waals surface area contributed by atoms with Gasteiger partial charge in [0.05, 0.1) is 4.88 Å². The maximum absolute atomic E-state index is 12.0. The van der Waals surface area contributed by atoms with Gasteiger partial charge in [0.2, 0.25) is 0 Å². The van der Waals surface area contributed by atoms with E-state index in [0.29, 0.717) is 30.0 Å². The SMILES string of the molecule is Cc1ccccc1C(=O)NCCCNC(=O)c1cccs1. The highest BCUT2D eigenvalue weighted by molar-refractivity contribution is 7.12. The van der Waals surface area contributed by atoms with E-state index in [9.17, 15) is 9.59 Å². The number of rotatable bonds is 6. The first kappa shape index (κ1) is 15.3. The van der Waals surface area contributed by atoms with Gasteiger partial charge in [-0.1, -0.05) is 24.3 Å². The van der Waals surface area contributed by atoms with Crippen LogP contribution in [0, 0.1) is 6.92 Å². The molecule has 0 aliphatic carbocycles. The average molecular weight is 302 g/mol. The molecule has 0 atom stereocenters. The standard InChI is InChI=1S/C16H18N2O2S/c1-12-6-2-3-7-13(12)15(19)17-9-5-10-18-16(20)14-8-4-11-21-14/h2-4,6-8,11H,5,9-10H2,1H3,(H,17,19)(H,18,20). The second-order valence-corrected chi connectivity index (χ2v) is 5.61. The number of carbonyl (C=O) groups is 2. The molecular formula is C16H18N2O2S. The molecule has 1 heterocycles. The number of hydrogen-bond donors (Lipinski definition) is 2. The Kier molecular flexibility index (Phi) is 5.51. The Morgan fingerprint density at radius 1 is 1.00 bits per heavy atom. The molecule has 2 N–H and O–H groups in total. The zero-order valence-electron chi connectivity index (χ0n) is 11.9. The summed E-state index contributed by atoms with van der Waals surface area (Å²) in [5.41, 5.74) is 1.65. The molecule has 1 aromatic heterocycles. The van der Waals surface area contributed by atoms with Crippen molar-refractivity contribution in [3.05, 3.63) is 57.8 Å². The molecule has 1 aromatic carbocycles. The topological polar surface area (TPSA) is 58.2 Å². The van der Waals surface area contributed by atoms with Crippen molar-refractivity contribution < 1.29 is 9.59 Å². The van der Waals surface area contributed by atoms with Gasteiger partial charge in [-0.25, -0.2) is 0 Å². The normalized spacial score (nSPS) is 10.1. The average Bonchev–Trinajstić information content (AvgIpc) is 3.01. The van der Waals surface area contributed by atoms with Gasteiger partial charge in [0.15, 0.2) is 0 Å². The van der Waals surface area contributed by atoms with Crippen molar-refractivity contribution in [1.82, 2.24) is 10.6 Å². The third kappa shape index (κ3) is 4.43. The molecule has 2 amide bonds. The van der Waals surface area contributed by atoms with Crippen LogP contribution in [0.2, 0.25) is 0 Å². The van der Waals surface area contributed by atoms with Crippen LogP contribution in [0.15, 0.2) is 41.8 Å². The fourth-order valence-corrected chi connectivity index (χ4v) is 2.55. The van der Waals surface area contributed by atoms with Crippen LogP contribution < -0.4 is 10.6 Å². The number of benzene rings is 1. The molecule has 2 rings (SSSR count). The maximum Gasteiger partial charge on any atom is 0.261 e. The Bertz CT molecular complexity index is 608. The van der Waals surface area contributed by atoms with E-state index in [1.54, 1.807) is 6.07 Å². The van der Waals surface area contributed by atoms with E-state index in [2.05, 4.69) is 10.6 Å². The van der Waals surface area contributed by atoms with Crippen LogP contribution in [0.3, 0.4) is 0 Å². The number of hydrogen-bond acceptors (Lipinski definition) is 3. The lowest BCUT2D eigenvalue weighted by atomic mass is 10.1. The summed E-state index contributed by atoms with van der Waals surface area (Å²) in [4.78, 5) is 24.3. The summed E-state index contributed by atoms with van der Waals surface area (Å²) < 4.78 is 0. The zero-order chi connectivity index (χ0) is 15.1. The Morgan fingerprint density at radius 2 is 1.71 bits per heavy atom. The van der Waals surface area contributed by atoms with Crippen LogP contribution in [-0.4, -0.2) is 24.9 Å². The lowest BCUT2D eigenvalue weighted by molar-refractivity contribution is 0.0952. The van der Waals surface area contributed by atoms with Crippen LogP contribution in [0.5, 0.6) is 0 Å². The van der Waals surface area contributed by atoms with E-state index < -0.39 is 0 Å². The number of thiophene rings is 1. The predicted molar refractivity (Wildman–Crippen MR) is 84.8 cm³/mol. The first-order valence-corrected chi connectivity index (χ1v) is 7.72. The van der Waals surface area contributed by atoms with Gasteiger partial charge in [0.25, 0.3) is 11.8 Å². The third-order valence-corrected chi connectivity index (χ3v) is 3.93. The molecule has 0 radical (unpaired) electrons. The summed E-state index contributed by atoms with van der Waals surface area (Å²) in [6.07, 6.45) is 0.703. The smallest absolute Gasteiger partial charge is 0.261 e. The summed E-state index contributed by atoms with van der Waals surface area (Å²) >= 11 is 1.42. The molecule has 4 nitrogen and oxygen atoms in total. The number of aryl methyl sites for hydroxylation is 1. The molecule has 0 saturated carbocycles. The molecule has 5 heteroatoms. The predicted octanol–water partition coefficient (Wildman–Crippen LogP) is 2.61. The molecule has 0 spiro atoms. The van der Waals surface area contributed by atoms with Gasteiger partial charge in [0.1, 0.15) is 0 Å². The summed E-state index contributed by atoms with van der Waals surface area (Å²) in [5.74, 6) is -0.132. The van der Waals surface area contributed by atoms with Crippen molar-refractivity contribution in [2.75, 3.05) is 13.1 Å². The molecule has 0 bridgehead atoms. The van der Waals surface area contributed by atoms with Crippen LogP contribution in [0.25, 0.3) is 0 Å². The van der Waals surface area contributed by atoms with Crippen molar-refractivity contribution in [1.29, 1.82) is 0 Å². The van der Waals surface area contributed by atoms with Gasteiger partial charge < -0.3 is 10.6 Å². The van der Waals surface area contributed by atoms with Gasteiger partial charge in [-0.3, -0.25) is 9.59 Å². The van der Waals surface area contributed by atoms with Crippen molar-refractivity contribution in [2.45, 2.75) is 13.3 Å². The van der Waals surface area contributed by atoms with Gasteiger partial charge in [-0.05, 0) is 36.4 Å². The Morgan fingerprint density at radius 3 is 2.38 bits per heavy atom. The first-order valence-electron chi connectivity index (χ1n) is 6.84. The Hall–Kier alpha value is -2.14. The highest BCUT2D eigenvalue weighted by atomic mass is 32.1. The fourth-order valence-electron chi connectivity index (χ4n) is 1.91. The molecule has 0 fully saturated rings. The van der Waals surface area contributed by atoms with E-state index >= 15 is 0 Å². The zero-order valence-corrected chi connectivity index (χ0v) is 12.7. The van der Waals surface area contributed by atoms with E-state index in [1.807, 2.05) is 42.6 Å². The number of nitrogens with one attached hydrogen (secondary N) is 2. The van der Waals surface area contributed by atoms with Gasteiger partial charge >= 0.3 is 0 Å². The molecule has 21 heavy (non-hydrogen) atoms. The quantitative estimate of drug-likeness (QED) is 0.806. The maximum atomic E-state index is 12.0. The summed E-state index contributed by atoms with van der Waals surface area (Å²) in [7, 11) is 0. The van der Waals surface area contributed by atoms with Crippen LogP contribution >= 0.6 is 11.3 Å². The second-order valence-electron chi connectivity index (χ2n) is 4.66. The highest BCUT2D eigenvalue weighted by Crippen LogP contribution is 2.08. The monoisotopic (exact) mass is 302 g/mol. The molecule has 2 aromatic rings. The van der Waals surface area contributed by atoms with E-state index in [1.165, 1.54) is 11.3 Å². The summed E-state index contributed by atoms with van der Waals surface area (Å²) in [6, 6.07) is 11.1. The van der Waals surface area contributed by atoms with Crippen molar-refractivity contribution >= 4 is 23.2 Å². The molecule has 0 aliphatic heterocycles. The van der Waals surface area contributed by atoms with Crippen molar-refractivity contribution in [3.63, 3.8) is 0 Å². The van der Waals surface area contributed by atoms with Crippen LogP contribution in [0.4, 0.5) is 0 Å². The summed E-state index contributed by atoms with van der Waals surface area (Å²) in [6.45, 7) is 3.00. The minimum absolute atomic E-state index is 0.0600. The lowest BCUT2D eigenvalue weighted by Crippen LogP contribution is -2.29. The fraction of sp³-hybridized carbons (Fsp3) is 0.250. The minimum atomic E-state index is -0.0716. The lowest BCUT2D eigenvalue weighted by Gasteiger charge is -2.08. The molecular weight excluding hydrogens is 284 g/mol. The van der Waals surface area contributed by atoms with E-state index in [-0.39, 0.29) is 11.8 Å². The number of amides is 2. The van der Waals surface area contributed by atoms with Gasteiger partial charge in [-0.2, -0.15) is 0 Å². The Balaban J connectivity index is 1.67. The van der Waals surface area contributed by atoms with Gasteiger partial charge in [0, 0.05) is 18.7 Å². The molecule has 0 unspecified atom stereocenters. The van der Waals surface area contributed by atoms with Crippen LogP contribution in [0.1, 0.15) is 32.0 Å². The molecule has 110 valence electrons. The molecule has 0 aliphatic rings. The Labute approximate surface area is 128 Å². The van der Waals surface area contributed by atoms with Crippen molar-refractivity contribution in [3.8, 4) is 0 Å². The molecule has 0 saturated heterocycles. The highest BCUT2D eigenvalue weighted by Gasteiger charge is 2.07. The minimum Gasteiger partial charge on any atom is -0.352 e.